The molecule has 0 saturated carbocycles. The fraction of sp³-hybridized carbons (Fsp3) is 0.650. The third kappa shape index (κ3) is 3.16. The van der Waals surface area contributed by atoms with Gasteiger partial charge in [-0.1, -0.05) is 20.1 Å². The van der Waals surface area contributed by atoms with Crippen molar-refractivity contribution in [3.8, 4) is 11.5 Å². The van der Waals surface area contributed by atoms with Gasteiger partial charge < -0.3 is 9.47 Å². The van der Waals surface area contributed by atoms with Gasteiger partial charge in [-0.05, 0) is 41.9 Å². The van der Waals surface area contributed by atoms with Gasteiger partial charge in [0.2, 0.25) is 0 Å². The summed E-state index contributed by atoms with van der Waals surface area (Å²) in [6.07, 6.45) is -10.6. The summed E-state index contributed by atoms with van der Waals surface area (Å²) < 4.78 is 150. The largest absolute Gasteiger partial charge is 0.493 e. The minimum absolute atomic E-state index is 0.132. The van der Waals surface area contributed by atoms with Crippen LogP contribution in [0.2, 0.25) is 0 Å². The van der Waals surface area contributed by atoms with E-state index >= 15 is 0 Å². The Bertz CT molecular complexity index is 1220. The molecule has 0 radical (unpaired) electrons. The summed E-state index contributed by atoms with van der Waals surface area (Å²) in [4.78, 5) is 14.5. The van der Waals surface area contributed by atoms with Crippen LogP contribution in [-0.2, 0) is 11.2 Å². The molecule has 1 saturated heterocycles. The van der Waals surface area contributed by atoms with Gasteiger partial charge in [-0.3, -0.25) is 9.69 Å². The van der Waals surface area contributed by atoms with Crippen LogP contribution in [0.25, 0.3) is 0 Å². The first-order valence-corrected chi connectivity index (χ1v) is 7.32. The molecular weight excluding hydrogens is 302 g/mol. The number of methoxy groups -OCH3 is 2. The number of benzene rings is 1. The first-order valence-electron chi connectivity index (χ1n) is 15.8. The summed E-state index contributed by atoms with van der Waals surface area (Å²) in [7, 11) is -2.04. The van der Waals surface area contributed by atoms with Crippen molar-refractivity contribution >= 4 is 5.78 Å². The number of carbonyl (C=O) groups excluding carboxylic acids is 1. The molecule has 0 spiro atoms. The van der Waals surface area contributed by atoms with E-state index in [2.05, 4.69) is 0 Å². The summed E-state index contributed by atoms with van der Waals surface area (Å²) >= 11 is 0. The van der Waals surface area contributed by atoms with E-state index < -0.39 is 98.8 Å². The lowest BCUT2D eigenvalue weighted by atomic mass is 9.79. The van der Waals surface area contributed by atoms with Crippen LogP contribution in [0.5, 0.6) is 11.5 Å². The van der Waals surface area contributed by atoms with Crippen molar-refractivity contribution in [3.05, 3.63) is 23.2 Å². The Morgan fingerprint density at radius 2 is 2.38 bits per heavy atom. The molecule has 0 aromatic heterocycles. The van der Waals surface area contributed by atoms with E-state index in [1.54, 1.807) is 0 Å². The number of piperidine rings is 1. The Morgan fingerprint density at radius 3 is 3.08 bits per heavy atom. The molecule has 1 fully saturated rings. The van der Waals surface area contributed by atoms with Crippen molar-refractivity contribution in [2.45, 2.75) is 45.4 Å². The van der Waals surface area contributed by atoms with Gasteiger partial charge in [-0.15, -0.1) is 0 Å². The highest BCUT2D eigenvalue weighted by Crippen LogP contribution is 2.42. The zero-order chi connectivity index (χ0) is 32.1. The highest BCUT2D eigenvalue weighted by molar-refractivity contribution is 5.83. The Labute approximate surface area is 169 Å². The van der Waals surface area contributed by atoms with Gasteiger partial charge >= 0.3 is 0 Å². The number of rotatable bonds is 5. The van der Waals surface area contributed by atoms with E-state index in [9.17, 15) is 4.79 Å². The van der Waals surface area contributed by atoms with E-state index in [4.69, 9.17) is 32.8 Å². The van der Waals surface area contributed by atoms with E-state index in [1.165, 1.54) is 0 Å². The third-order valence-electron chi connectivity index (χ3n) is 3.91. The topological polar surface area (TPSA) is 38.8 Å². The number of Topliss-reactive ketones (excluding diaryl/α,β-unsaturated/α-hetero) is 1. The van der Waals surface area contributed by atoms with Crippen molar-refractivity contribution in [2.24, 2.45) is 11.8 Å². The lowest BCUT2D eigenvalue weighted by molar-refractivity contribution is -0.129. The second-order valence-corrected chi connectivity index (χ2v) is 5.29. The second kappa shape index (κ2) is 7.14. The molecule has 4 heteroatoms. The van der Waals surface area contributed by atoms with Crippen LogP contribution in [0.1, 0.15) is 73.4 Å². The lowest BCUT2D eigenvalue weighted by Crippen LogP contribution is -2.46. The molecule has 132 valence electrons. The maximum absolute atomic E-state index is 13.8. The van der Waals surface area contributed by atoms with Crippen LogP contribution in [0, 0.1) is 11.8 Å². The minimum atomic E-state index is -3.81. The average molecular weight is 349 g/mol. The van der Waals surface area contributed by atoms with Gasteiger partial charge in [0.15, 0.2) is 11.5 Å². The van der Waals surface area contributed by atoms with Crippen molar-refractivity contribution in [1.29, 1.82) is 0 Å². The molecule has 0 bridgehead atoms. The van der Waals surface area contributed by atoms with Crippen molar-refractivity contribution in [3.63, 3.8) is 0 Å². The summed E-state index contributed by atoms with van der Waals surface area (Å²) in [5.74, 6) is -9.61. The molecular formula is C20H29NO3. The van der Waals surface area contributed by atoms with Gasteiger partial charge in [0, 0.05) is 47.8 Å². The molecule has 2 aliphatic rings. The van der Waals surface area contributed by atoms with E-state index in [0.29, 0.717) is 11.8 Å². The molecule has 3 atom stereocenters. The first-order chi connectivity index (χ1) is 18.1. The third-order valence-corrected chi connectivity index (χ3v) is 3.91. The number of ether oxygens (including phenoxy) is 2. The van der Waals surface area contributed by atoms with Crippen molar-refractivity contribution in [1.82, 2.24) is 4.90 Å². The van der Waals surface area contributed by atoms with Gasteiger partial charge in [-0.2, -0.15) is 0 Å². The molecule has 3 unspecified atom stereocenters. The number of hydrogen-bond donors (Lipinski definition) is 0. The number of carbonyl (C=O) groups is 1. The minimum Gasteiger partial charge on any atom is -0.493 e. The summed E-state index contributed by atoms with van der Waals surface area (Å²) in [6, 6.07) is -3.29. The van der Waals surface area contributed by atoms with Crippen molar-refractivity contribution < 1.29 is 37.6 Å². The molecule has 24 heavy (non-hydrogen) atoms. The van der Waals surface area contributed by atoms with E-state index in [-0.39, 0.29) is 12.0 Å². The quantitative estimate of drug-likeness (QED) is 0.814. The van der Waals surface area contributed by atoms with Crippen LogP contribution in [0.4, 0.5) is 0 Å². The fourth-order valence-electron chi connectivity index (χ4n) is 2.73. The highest BCUT2D eigenvalue weighted by atomic mass is 16.5. The smallest absolute Gasteiger partial charge is 0.161 e. The van der Waals surface area contributed by atoms with Gasteiger partial charge in [0.1, 0.15) is 5.78 Å². The Balaban J connectivity index is 2.33. The molecule has 0 amide bonds. The zero-order valence-corrected chi connectivity index (χ0v) is 13.2. The number of fused-ring (bicyclic) bond motifs is 3. The molecule has 2 aliphatic heterocycles. The van der Waals surface area contributed by atoms with Crippen LogP contribution >= 0.6 is 0 Å². The molecule has 1 aromatic rings. The van der Waals surface area contributed by atoms with E-state index in [1.807, 2.05) is 0 Å². The zero-order valence-electron chi connectivity index (χ0n) is 30.2. The Kier molecular flexibility index (Phi) is 1.79. The maximum Gasteiger partial charge on any atom is 0.161 e. The number of ketones is 1. The lowest BCUT2D eigenvalue weighted by Gasteiger charge is -2.43. The normalized spacial score (nSPS) is 43.1. The van der Waals surface area contributed by atoms with Crippen LogP contribution in [0.3, 0.4) is 0 Å². The Morgan fingerprint density at radius 1 is 1.54 bits per heavy atom. The predicted molar refractivity (Wildman–Crippen MR) is 94.8 cm³/mol. The van der Waals surface area contributed by atoms with Gasteiger partial charge in [0.05, 0.1) is 21.0 Å². The first kappa shape index (κ1) is 6.01. The van der Waals surface area contributed by atoms with E-state index in [0.717, 1.165) is 7.11 Å². The maximum atomic E-state index is 13.8. The van der Waals surface area contributed by atoms with Crippen LogP contribution in [0.15, 0.2) is 12.1 Å². The molecule has 1 aromatic carbocycles. The fourth-order valence-corrected chi connectivity index (χ4v) is 2.73. The van der Waals surface area contributed by atoms with Crippen LogP contribution < -0.4 is 9.47 Å². The predicted octanol–water partition coefficient (Wildman–Crippen LogP) is 3.63. The molecule has 2 heterocycles. The average Bonchev–Trinajstić information content (AvgIpc) is 2.77. The SMILES string of the molecule is [2H]c1c2c(c([2H])c(OC)c1OC([2H])([2H])[2H])C1N(CC2)C([2H])([2H])C(C([2H])([2H])C([2H])(C([2H])([2H])[2H])C([2H])([2H])C)C(=O)C1([2H])[2H]. The second-order valence-electron chi connectivity index (χ2n) is 5.29. The standard InChI is InChI=1S/C20H29NO3/c1-5-13(2)8-15-12-21-7-6-14-9-19(23-3)20(24-4)10-16(14)17(21)11-18(15)22/h9-10,13,15,17H,5-8,11-12H2,1-4H3/i2D3,3D3,5D2,8D2,9D,10D,11D2,12D2,13D. The molecule has 0 N–H and O–H groups in total. The summed E-state index contributed by atoms with van der Waals surface area (Å²) in [5.41, 5.74) is -0.538. The van der Waals surface area contributed by atoms with Gasteiger partial charge in [0.25, 0.3) is 0 Å². The van der Waals surface area contributed by atoms with Gasteiger partial charge in [-0.25, -0.2) is 0 Å². The monoisotopic (exact) mass is 348 g/mol. The highest BCUT2D eigenvalue weighted by Gasteiger charge is 2.38. The van der Waals surface area contributed by atoms with Crippen LogP contribution in [-0.4, -0.2) is 37.9 Å². The number of hydrogen-bond acceptors (Lipinski definition) is 4. The molecule has 4 nitrogen and oxygen atoms in total. The van der Waals surface area contributed by atoms with Crippen molar-refractivity contribution in [2.75, 3.05) is 27.2 Å². The molecule has 0 aliphatic carbocycles. The summed E-state index contributed by atoms with van der Waals surface area (Å²) in [5, 5.41) is 0. The number of nitrogens with zero attached hydrogens (tertiary/aromatic N) is 1. The Hall–Kier alpha value is -1.55. The molecule has 3 rings (SSSR count). The summed E-state index contributed by atoms with van der Waals surface area (Å²) in [6.45, 7) is -6.86.